The van der Waals surface area contributed by atoms with Gasteiger partial charge in [-0.2, -0.15) is 18.4 Å². The van der Waals surface area contributed by atoms with Gasteiger partial charge in [0.1, 0.15) is 12.3 Å². The highest BCUT2D eigenvalue weighted by molar-refractivity contribution is 5.98. The Morgan fingerprint density at radius 1 is 1.25 bits per heavy atom. The number of halogens is 3. The average Bonchev–Trinajstić information content (AvgIpc) is 2.80. The van der Waals surface area contributed by atoms with Crippen LogP contribution in [0.2, 0.25) is 0 Å². The second-order valence-corrected chi connectivity index (χ2v) is 5.33. The first-order valence-corrected chi connectivity index (χ1v) is 7.11. The molecule has 7 heteroatoms. The molecule has 0 aliphatic heterocycles. The Morgan fingerprint density at radius 3 is 2.42 bits per heavy atom. The maximum atomic E-state index is 12.6. The largest absolute Gasteiger partial charge is 0.485 e. The number of alkyl halides is 3. The van der Waals surface area contributed by atoms with Crippen LogP contribution < -0.4 is 4.74 Å². The number of benzene rings is 1. The fourth-order valence-corrected chi connectivity index (χ4v) is 2.36. The second kappa shape index (κ2) is 6.79. The average molecular weight is 336 g/mol. The molecule has 0 N–H and O–H groups in total. The minimum atomic E-state index is -4.35. The van der Waals surface area contributed by atoms with Crippen LogP contribution in [-0.2, 0) is 6.54 Å². The number of nitrogens with zero attached hydrogens (tertiary/aromatic N) is 2. The summed E-state index contributed by atoms with van der Waals surface area (Å²) in [6.45, 7) is 1.58. The van der Waals surface area contributed by atoms with Crippen molar-refractivity contribution in [2.45, 2.75) is 26.6 Å². The molecule has 24 heavy (non-hydrogen) atoms. The number of aryl methyl sites for hydroxylation is 1. The van der Waals surface area contributed by atoms with Crippen molar-refractivity contribution in [1.82, 2.24) is 4.57 Å². The van der Waals surface area contributed by atoms with Gasteiger partial charge in [-0.3, -0.25) is 4.79 Å². The number of carbonyl (C=O) groups is 1. The van der Waals surface area contributed by atoms with E-state index in [4.69, 9.17) is 10.00 Å². The summed E-state index contributed by atoms with van der Waals surface area (Å²) in [4.78, 5) is 12.2. The SMILES string of the molecule is Cc1cc(C(=O)COc2ccc(C#N)cc2)c(C)n1CC(F)(F)F. The Hall–Kier alpha value is -2.75. The van der Waals surface area contributed by atoms with E-state index in [1.54, 1.807) is 24.3 Å². The van der Waals surface area contributed by atoms with E-state index in [-0.39, 0.29) is 17.9 Å². The lowest BCUT2D eigenvalue weighted by molar-refractivity contribution is -0.141. The first-order chi connectivity index (χ1) is 11.2. The van der Waals surface area contributed by atoms with Crippen LogP contribution in [0.15, 0.2) is 30.3 Å². The van der Waals surface area contributed by atoms with E-state index in [1.807, 2.05) is 6.07 Å². The molecule has 0 aliphatic carbocycles. The number of hydrogen-bond acceptors (Lipinski definition) is 3. The fourth-order valence-electron chi connectivity index (χ4n) is 2.36. The van der Waals surface area contributed by atoms with Crippen molar-refractivity contribution in [3.63, 3.8) is 0 Å². The monoisotopic (exact) mass is 336 g/mol. The summed E-state index contributed by atoms with van der Waals surface area (Å²) in [5.41, 5.74) is 1.31. The zero-order valence-corrected chi connectivity index (χ0v) is 13.1. The molecule has 1 heterocycles. The standard InChI is InChI=1S/C17H15F3N2O2/c1-11-7-15(12(2)22(11)10-17(18,19)20)16(23)9-24-14-5-3-13(8-21)4-6-14/h3-7H,9-10H2,1-2H3. The Balaban J connectivity index is 2.09. The van der Waals surface area contributed by atoms with Gasteiger partial charge in [-0.15, -0.1) is 0 Å². The van der Waals surface area contributed by atoms with Gasteiger partial charge in [0.05, 0.1) is 11.6 Å². The van der Waals surface area contributed by atoms with Crippen LogP contribution in [0.3, 0.4) is 0 Å². The third-order valence-electron chi connectivity index (χ3n) is 3.56. The van der Waals surface area contributed by atoms with Crippen molar-refractivity contribution in [2.75, 3.05) is 6.61 Å². The maximum Gasteiger partial charge on any atom is 0.406 e. The van der Waals surface area contributed by atoms with E-state index in [0.717, 1.165) is 4.57 Å². The van der Waals surface area contributed by atoms with Gasteiger partial charge in [0.25, 0.3) is 0 Å². The molecule has 0 saturated carbocycles. The van der Waals surface area contributed by atoms with E-state index in [0.29, 0.717) is 17.0 Å². The Bertz CT molecular complexity index is 784. The number of ether oxygens (including phenoxy) is 1. The van der Waals surface area contributed by atoms with E-state index in [9.17, 15) is 18.0 Å². The molecule has 126 valence electrons. The summed E-state index contributed by atoms with van der Waals surface area (Å²) >= 11 is 0. The number of rotatable bonds is 5. The van der Waals surface area contributed by atoms with E-state index in [2.05, 4.69) is 0 Å². The molecule has 0 fully saturated rings. The minimum Gasteiger partial charge on any atom is -0.485 e. The topological polar surface area (TPSA) is 55.0 Å². The lowest BCUT2D eigenvalue weighted by Crippen LogP contribution is -2.20. The highest BCUT2D eigenvalue weighted by Crippen LogP contribution is 2.23. The number of ketones is 1. The van der Waals surface area contributed by atoms with Gasteiger partial charge in [-0.1, -0.05) is 0 Å². The zero-order chi connectivity index (χ0) is 17.9. The predicted octanol–water partition coefficient (Wildman–Crippen LogP) is 3.80. The molecule has 0 aliphatic rings. The third-order valence-corrected chi connectivity index (χ3v) is 3.56. The van der Waals surface area contributed by atoms with Crippen molar-refractivity contribution in [1.29, 1.82) is 5.26 Å². The summed E-state index contributed by atoms with van der Waals surface area (Å²) in [7, 11) is 0. The van der Waals surface area contributed by atoms with Crippen LogP contribution in [-0.4, -0.2) is 23.1 Å². The van der Waals surface area contributed by atoms with Gasteiger partial charge >= 0.3 is 6.18 Å². The molecule has 1 aromatic heterocycles. The molecule has 0 spiro atoms. The quantitative estimate of drug-likeness (QED) is 0.781. The molecule has 1 aromatic carbocycles. The molecule has 2 rings (SSSR count). The van der Waals surface area contributed by atoms with Crippen molar-refractivity contribution < 1.29 is 22.7 Å². The molecular formula is C17H15F3N2O2. The molecule has 0 radical (unpaired) electrons. The van der Waals surface area contributed by atoms with E-state index < -0.39 is 18.5 Å². The number of aromatic nitrogens is 1. The number of Topliss-reactive ketones (excluding diaryl/α,β-unsaturated/α-hetero) is 1. The van der Waals surface area contributed by atoms with Crippen LogP contribution in [0.1, 0.15) is 27.3 Å². The number of nitriles is 1. The van der Waals surface area contributed by atoms with Crippen LogP contribution >= 0.6 is 0 Å². The van der Waals surface area contributed by atoms with Crippen LogP contribution in [0.5, 0.6) is 5.75 Å². The molecule has 0 unspecified atom stereocenters. The van der Waals surface area contributed by atoms with E-state index in [1.165, 1.54) is 19.9 Å². The highest BCUT2D eigenvalue weighted by atomic mass is 19.4. The smallest absolute Gasteiger partial charge is 0.406 e. The zero-order valence-electron chi connectivity index (χ0n) is 13.1. The predicted molar refractivity (Wildman–Crippen MR) is 80.9 cm³/mol. The summed E-state index contributed by atoms with van der Waals surface area (Å²) in [5.74, 6) is 0.00679. The van der Waals surface area contributed by atoms with Gasteiger partial charge in [0, 0.05) is 17.0 Å². The lowest BCUT2D eigenvalue weighted by atomic mass is 10.1. The minimum absolute atomic E-state index is 0.213. The normalized spacial score (nSPS) is 11.2. The first kappa shape index (κ1) is 17.6. The van der Waals surface area contributed by atoms with Gasteiger partial charge in [0.15, 0.2) is 6.61 Å². The van der Waals surface area contributed by atoms with Crippen molar-refractivity contribution in [2.24, 2.45) is 0 Å². The fraction of sp³-hybridized carbons (Fsp3) is 0.294. The van der Waals surface area contributed by atoms with E-state index >= 15 is 0 Å². The van der Waals surface area contributed by atoms with Crippen LogP contribution in [0.4, 0.5) is 13.2 Å². The molecule has 4 nitrogen and oxygen atoms in total. The van der Waals surface area contributed by atoms with Gasteiger partial charge in [-0.05, 0) is 44.2 Å². The molecule has 0 saturated heterocycles. The summed E-state index contributed by atoms with van der Waals surface area (Å²) < 4.78 is 44.2. The second-order valence-electron chi connectivity index (χ2n) is 5.33. The molecule has 0 atom stereocenters. The van der Waals surface area contributed by atoms with Crippen LogP contribution in [0, 0.1) is 25.2 Å². The highest BCUT2D eigenvalue weighted by Gasteiger charge is 2.30. The van der Waals surface area contributed by atoms with Crippen molar-refractivity contribution in [3.05, 3.63) is 52.8 Å². The Labute approximate surface area is 137 Å². The summed E-state index contributed by atoms with van der Waals surface area (Å²) in [5, 5.41) is 8.71. The molecular weight excluding hydrogens is 321 g/mol. The Kier molecular flexibility index (Phi) is 4.98. The van der Waals surface area contributed by atoms with Gasteiger partial charge in [0.2, 0.25) is 5.78 Å². The van der Waals surface area contributed by atoms with Gasteiger partial charge in [-0.25, -0.2) is 0 Å². The van der Waals surface area contributed by atoms with Crippen molar-refractivity contribution in [3.8, 4) is 11.8 Å². The first-order valence-electron chi connectivity index (χ1n) is 7.11. The summed E-state index contributed by atoms with van der Waals surface area (Å²) in [6.07, 6.45) is -4.35. The van der Waals surface area contributed by atoms with Gasteiger partial charge < -0.3 is 9.30 Å². The Morgan fingerprint density at radius 2 is 1.88 bits per heavy atom. The molecule has 0 bridgehead atoms. The van der Waals surface area contributed by atoms with Crippen molar-refractivity contribution >= 4 is 5.78 Å². The number of carbonyl (C=O) groups excluding carboxylic acids is 1. The molecule has 2 aromatic rings. The number of hydrogen-bond donors (Lipinski definition) is 0. The third kappa shape index (κ3) is 4.16. The summed E-state index contributed by atoms with van der Waals surface area (Å²) in [6, 6.07) is 9.61. The molecule has 0 amide bonds. The van der Waals surface area contributed by atoms with Crippen LogP contribution in [0.25, 0.3) is 0 Å². The maximum absolute atomic E-state index is 12.6. The lowest BCUT2D eigenvalue weighted by Gasteiger charge is -2.12.